The van der Waals surface area contributed by atoms with E-state index in [4.69, 9.17) is 4.74 Å². The molecule has 1 amide bonds. The number of benzene rings is 2. The Morgan fingerprint density at radius 2 is 1.93 bits per heavy atom. The number of nitrogens with one attached hydrogen (secondary N) is 3. The molecule has 0 spiro atoms. The van der Waals surface area contributed by atoms with E-state index in [9.17, 15) is 9.59 Å². The first-order chi connectivity index (χ1) is 14.5. The van der Waals surface area contributed by atoms with Crippen molar-refractivity contribution in [3.05, 3.63) is 54.1 Å². The highest BCUT2D eigenvalue weighted by Crippen LogP contribution is 2.32. The second-order valence-corrected chi connectivity index (χ2v) is 7.88. The number of aryl methyl sites for hydroxylation is 1. The quantitative estimate of drug-likeness (QED) is 0.660. The fourth-order valence-electron chi connectivity index (χ4n) is 4.24. The van der Waals surface area contributed by atoms with Gasteiger partial charge in [0.05, 0.1) is 23.9 Å². The summed E-state index contributed by atoms with van der Waals surface area (Å²) in [5.41, 5.74) is 6.15. The zero-order valence-corrected chi connectivity index (χ0v) is 17.5. The normalized spacial score (nSPS) is 25.7. The first-order valence-corrected chi connectivity index (χ1v) is 10.4. The van der Waals surface area contributed by atoms with Gasteiger partial charge in [0.25, 0.3) is 0 Å². The summed E-state index contributed by atoms with van der Waals surface area (Å²) >= 11 is 0. The minimum atomic E-state index is -0.747. The van der Waals surface area contributed by atoms with Crippen molar-refractivity contribution in [3.63, 3.8) is 0 Å². The average Bonchev–Trinajstić information content (AvgIpc) is 3.07. The second kappa shape index (κ2) is 8.45. The molecular weight excluding hydrogens is 380 g/mol. The number of amides is 1. The molecule has 2 heterocycles. The van der Waals surface area contributed by atoms with Crippen molar-refractivity contribution in [1.82, 2.24) is 10.7 Å². The molecule has 0 radical (unpaired) electrons. The number of carbonyl (C=O) groups excluding carboxylic acids is 2. The Hall–Kier alpha value is -2.90. The number of rotatable bonds is 5. The van der Waals surface area contributed by atoms with E-state index in [1.165, 1.54) is 5.56 Å². The minimum Gasteiger partial charge on any atom is -0.492 e. The van der Waals surface area contributed by atoms with Crippen molar-refractivity contribution in [2.75, 3.05) is 23.5 Å². The van der Waals surface area contributed by atoms with Gasteiger partial charge in [-0.3, -0.25) is 19.9 Å². The molecule has 2 aromatic rings. The smallest absolute Gasteiger partial charge is 0.236 e. The number of hydrogen-bond acceptors (Lipinski definition) is 6. The van der Waals surface area contributed by atoms with Crippen LogP contribution in [-0.2, 0) is 9.59 Å². The molecule has 158 valence electrons. The molecule has 0 saturated carbocycles. The van der Waals surface area contributed by atoms with Gasteiger partial charge in [-0.2, -0.15) is 0 Å². The first kappa shape index (κ1) is 20.4. The molecular formula is C23H28N4O3. The molecule has 2 saturated heterocycles. The number of ether oxygens (including phenoxy) is 1. The van der Waals surface area contributed by atoms with Crippen LogP contribution in [0, 0.1) is 18.8 Å². The largest absolute Gasteiger partial charge is 0.492 e. The van der Waals surface area contributed by atoms with E-state index in [0.717, 1.165) is 5.69 Å². The Labute approximate surface area is 176 Å². The highest BCUT2D eigenvalue weighted by Gasteiger charge is 2.50. The second-order valence-electron chi connectivity index (χ2n) is 7.88. The molecule has 0 aliphatic carbocycles. The maximum absolute atomic E-state index is 13.3. The van der Waals surface area contributed by atoms with Crippen LogP contribution in [-0.4, -0.2) is 37.0 Å². The van der Waals surface area contributed by atoms with Crippen molar-refractivity contribution >= 4 is 23.1 Å². The molecule has 0 bridgehead atoms. The molecule has 7 heteroatoms. The summed E-state index contributed by atoms with van der Waals surface area (Å²) < 4.78 is 5.58. The topological polar surface area (TPSA) is 82.7 Å². The first-order valence-electron chi connectivity index (χ1n) is 10.4. The molecule has 4 rings (SSSR count). The number of anilines is 2. The maximum Gasteiger partial charge on any atom is 0.236 e. The van der Waals surface area contributed by atoms with Crippen LogP contribution in [0.3, 0.4) is 0 Å². The van der Waals surface area contributed by atoms with Gasteiger partial charge in [-0.05, 0) is 45.0 Å². The summed E-state index contributed by atoms with van der Waals surface area (Å²) in [7, 11) is 0. The molecule has 2 fully saturated rings. The van der Waals surface area contributed by atoms with Gasteiger partial charge in [0.1, 0.15) is 17.8 Å². The molecule has 4 unspecified atom stereocenters. The summed E-state index contributed by atoms with van der Waals surface area (Å²) in [4.78, 5) is 26.2. The number of para-hydroxylation sites is 2. The highest BCUT2D eigenvalue weighted by atomic mass is 16.5. The van der Waals surface area contributed by atoms with E-state index in [0.29, 0.717) is 24.6 Å². The third-order valence-electron chi connectivity index (χ3n) is 5.78. The number of Topliss-reactive ketones (excluding diaryl/α,β-unsaturated/α-hetero) is 1. The molecule has 7 nitrogen and oxygen atoms in total. The van der Waals surface area contributed by atoms with Crippen molar-refractivity contribution in [1.29, 1.82) is 0 Å². The summed E-state index contributed by atoms with van der Waals surface area (Å²) in [6.07, 6.45) is -0.185. The molecule has 4 atom stereocenters. The summed E-state index contributed by atoms with van der Waals surface area (Å²) in [6.45, 7) is 6.71. The SMILES string of the molecule is CCOc1ccccc1NC(=O)C1CNC2C(C1=O)C(C)NN2c1ccc(C)cc1. The molecule has 3 N–H and O–H groups in total. The van der Waals surface area contributed by atoms with Gasteiger partial charge < -0.3 is 10.1 Å². The van der Waals surface area contributed by atoms with Gasteiger partial charge in [0.15, 0.2) is 5.78 Å². The van der Waals surface area contributed by atoms with Gasteiger partial charge in [-0.25, -0.2) is 5.43 Å². The number of ketones is 1. The number of piperidine rings is 1. The predicted octanol–water partition coefficient (Wildman–Crippen LogP) is 2.48. The number of nitrogens with zero attached hydrogens (tertiary/aromatic N) is 1. The monoisotopic (exact) mass is 408 g/mol. The van der Waals surface area contributed by atoms with Gasteiger partial charge in [-0.1, -0.05) is 29.8 Å². The minimum absolute atomic E-state index is 0.0419. The summed E-state index contributed by atoms with van der Waals surface area (Å²) in [5.74, 6) is -0.816. The van der Waals surface area contributed by atoms with E-state index in [1.807, 2.05) is 62.2 Å². The Morgan fingerprint density at radius 1 is 1.20 bits per heavy atom. The zero-order valence-electron chi connectivity index (χ0n) is 17.5. The van der Waals surface area contributed by atoms with Crippen LogP contribution in [0.1, 0.15) is 19.4 Å². The number of hydrazine groups is 1. The fourth-order valence-corrected chi connectivity index (χ4v) is 4.24. The molecule has 0 aromatic heterocycles. The lowest BCUT2D eigenvalue weighted by Gasteiger charge is -2.35. The summed E-state index contributed by atoms with van der Waals surface area (Å²) in [5, 5.41) is 8.30. The van der Waals surface area contributed by atoms with Gasteiger partial charge in [0, 0.05) is 12.6 Å². The van der Waals surface area contributed by atoms with Crippen LogP contribution in [0.5, 0.6) is 5.75 Å². The van der Waals surface area contributed by atoms with Crippen molar-refractivity contribution < 1.29 is 14.3 Å². The van der Waals surface area contributed by atoms with Crippen LogP contribution in [0.2, 0.25) is 0 Å². The van der Waals surface area contributed by atoms with Crippen LogP contribution in [0.4, 0.5) is 11.4 Å². The average molecular weight is 409 g/mol. The molecule has 2 aliphatic heterocycles. The number of carbonyl (C=O) groups is 2. The third-order valence-corrected chi connectivity index (χ3v) is 5.78. The van der Waals surface area contributed by atoms with Crippen molar-refractivity contribution in [3.8, 4) is 5.75 Å². The Kier molecular flexibility index (Phi) is 5.74. The third kappa shape index (κ3) is 3.78. The number of fused-ring (bicyclic) bond motifs is 1. The van der Waals surface area contributed by atoms with Gasteiger partial charge in [-0.15, -0.1) is 0 Å². The molecule has 2 aromatic carbocycles. The summed E-state index contributed by atoms with van der Waals surface area (Å²) in [6, 6.07) is 15.4. The number of hydrogen-bond donors (Lipinski definition) is 3. The van der Waals surface area contributed by atoms with E-state index >= 15 is 0 Å². The van der Waals surface area contributed by atoms with Crippen molar-refractivity contribution in [2.45, 2.75) is 33.0 Å². The van der Waals surface area contributed by atoms with E-state index in [2.05, 4.69) is 16.1 Å². The van der Waals surface area contributed by atoms with Crippen LogP contribution in [0.25, 0.3) is 0 Å². The lowest BCUT2D eigenvalue weighted by atomic mass is 9.83. The fraction of sp³-hybridized carbons (Fsp3) is 0.391. The Bertz CT molecular complexity index is 930. The maximum atomic E-state index is 13.3. The predicted molar refractivity (Wildman–Crippen MR) is 116 cm³/mol. The Morgan fingerprint density at radius 3 is 2.67 bits per heavy atom. The van der Waals surface area contributed by atoms with Crippen LogP contribution < -0.4 is 25.8 Å². The lowest BCUT2D eigenvalue weighted by molar-refractivity contribution is -0.136. The van der Waals surface area contributed by atoms with E-state index < -0.39 is 5.92 Å². The van der Waals surface area contributed by atoms with Crippen LogP contribution >= 0.6 is 0 Å². The molecule has 2 aliphatic rings. The highest BCUT2D eigenvalue weighted by molar-refractivity contribution is 6.09. The molecule has 30 heavy (non-hydrogen) atoms. The Balaban J connectivity index is 1.50. The lowest BCUT2D eigenvalue weighted by Crippen LogP contribution is -2.58. The van der Waals surface area contributed by atoms with E-state index in [-0.39, 0.29) is 29.8 Å². The van der Waals surface area contributed by atoms with Gasteiger partial charge in [0.2, 0.25) is 5.91 Å². The van der Waals surface area contributed by atoms with Crippen LogP contribution in [0.15, 0.2) is 48.5 Å². The van der Waals surface area contributed by atoms with Gasteiger partial charge >= 0.3 is 0 Å². The van der Waals surface area contributed by atoms with E-state index in [1.54, 1.807) is 12.1 Å². The standard InChI is InChI=1S/C23H28N4O3/c1-4-30-19-8-6-5-7-18(19)25-23(29)17-13-24-22-20(21(17)28)15(3)26-27(22)16-11-9-14(2)10-12-16/h5-12,15,17,20,22,24,26H,4,13H2,1-3H3,(H,25,29). The zero-order chi connectivity index (χ0) is 21.3. The van der Waals surface area contributed by atoms with Crippen molar-refractivity contribution in [2.24, 2.45) is 11.8 Å².